The van der Waals surface area contributed by atoms with E-state index in [4.69, 9.17) is 16.3 Å². The molecule has 0 unspecified atom stereocenters. The van der Waals surface area contributed by atoms with E-state index in [1.54, 1.807) is 30.3 Å². The third-order valence-electron chi connectivity index (χ3n) is 5.82. The number of hydrogen-bond acceptors (Lipinski definition) is 4. The topological polar surface area (TPSA) is 58.6 Å². The first-order chi connectivity index (χ1) is 15.9. The molecular formula is C26H24ClFN2O3. The minimum atomic E-state index is -0.439. The van der Waals surface area contributed by atoms with Crippen LogP contribution in [-0.4, -0.2) is 42.5 Å². The van der Waals surface area contributed by atoms with Crippen molar-refractivity contribution < 1.29 is 18.7 Å². The molecule has 4 rings (SSSR count). The van der Waals surface area contributed by atoms with E-state index in [1.807, 2.05) is 35.2 Å². The highest BCUT2D eigenvalue weighted by molar-refractivity contribution is 6.30. The van der Waals surface area contributed by atoms with Crippen LogP contribution in [0.1, 0.15) is 22.3 Å². The van der Waals surface area contributed by atoms with Crippen molar-refractivity contribution in [1.82, 2.24) is 10.2 Å². The number of nitrogens with zero attached hydrogens (tertiary/aromatic N) is 1. The molecule has 0 saturated carbocycles. The Labute approximate surface area is 197 Å². The zero-order chi connectivity index (χ0) is 23.4. The van der Waals surface area contributed by atoms with Gasteiger partial charge in [0.2, 0.25) is 0 Å². The first kappa shape index (κ1) is 23.0. The second-order valence-corrected chi connectivity index (χ2v) is 8.53. The lowest BCUT2D eigenvalue weighted by Gasteiger charge is -2.22. The van der Waals surface area contributed by atoms with Gasteiger partial charge in [0.15, 0.2) is 0 Å². The summed E-state index contributed by atoms with van der Waals surface area (Å²) in [5.74, 6) is -0.846. The highest BCUT2D eigenvalue weighted by Gasteiger charge is 2.38. The largest absolute Gasteiger partial charge is 0.468 e. The molecule has 1 saturated heterocycles. The molecule has 1 N–H and O–H groups in total. The van der Waals surface area contributed by atoms with Crippen molar-refractivity contribution in [2.24, 2.45) is 0 Å². The van der Waals surface area contributed by atoms with Crippen LogP contribution in [0, 0.1) is 5.82 Å². The van der Waals surface area contributed by atoms with Gasteiger partial charge in [-0.05, 0) is 59.5 Å². The second kappa shape index (κ2) is 10.1. The summed E-state index contributed by atoms with van der Waals surface area (Å²) in [6.07, 6.45) is 0.466. The Kier molecular flexibility index (Phi) is 7.06. The molecule has 0 aromatic heterocycles. The average molecular weight is 467 g/mol. The van der Waals surface area contributed by atoms with Gasteiger partial charge in [-0.15, -0.1) is 0 Å². The summed E-state index contributed by atoms with van der Waals surface area (Å²) in [5, 5.41) is 3.68. The molecule has 1 aliphatic heterocycles. The van der Waals surface area contributed by atoms with Crippen molar-refractivity contribution in [3.8, 4) is 11.1 Å². The van der Waals surface area contributed by atoms with Crippen LogP contribution in [-0.2, 0) is 16.1 Å². The number of carbonyl (C=O) groups is 2. The first-order valence-corrected chi connectivity index (χ1v) is 11.0. The fraction of sp³-hybridized carbons (Fsp3) is 0.231. The second-order valence-electron chi connectivity index (χ2n) is 8.09. The molecule has 33 heavy (non-hydrogen) atoms. The van der Waals surface area contributed by atoms with Gasteiger partial charge >= 0.3 is 5.97 Å². The number of methoxy groups -OCH3 is 1. The number of amides is 1. The minimum Gasteiger partial charge on any atom is -0.468 e. The summed E-state index contributed by atoms with van der Waals surface area (Å²) in [6.45, 7) is 1.07. The molecule has 7 heteroatoms. The van der Waals surface area contributed by atoms with Crippen LogP contribution in [0.5, 0.6) is 0 Å². The molecule has 0 aliphatic carbocycles. The summed E-state index contributed by atoms with van der Waals surface area (Å²) in [5.41, 5.74) is 3.09. The number of carbonyl (C=O) groups excluding carboxylic acids is 2. The lowest BCUT2D eigenvalue weighted by molar-refractivity contribution is -0.146. The summed E-state index contributed by atoms with van der Waals surface area (Å²) in [6, 6.07) is 20.2. The van der Waals surface area contributed by atoms with Gasteiger partial charge in [-0.25, -0.2) is 4.39 Å². The summed E-state index contributed by atoms with van der Waals surface area (Å²) in [4.78, 5) is 27.2. The monoisotopic (exact) mass is 466 g/mol. The zero-order valence-electron chi connectivity index (χ0n) is 18.1. The Morgan fingerprint density at radius 3 is 2.45 bits per heavy atom. The standard InChI is InChI=1S/C26H24ClFN2O3/c1-33-26(32)24-14-23(16-30(24)15-17-5-11-21(27)12-6-17)29-25(31)19-9-7-18(8-10-19)20-3-2-4-22(28)13-20/h2-13,23-24H,14-16H2,1H3,(H,29,31)/t23-,24+/m1/s1. The van der Waals surface area contributed by atoms with Crippen molar-refractivity contribution >= 4 is 23.5 Å². The van der Waals surface area contributed by atoms with Gasteiger partial charge in [-0.3, -0.25) is 14.5 Å². The van der Waals surface area contributed by atoms with E-state index in [-0.39, 0.29) is 23.7 Å². The quantitative estimate of drug-likeness (QED) is 0.535. The molecule has 1 heterocycles. The molecule has 1 aliphatic rings. The summed E-state index contributed by atoms with van der Waals surface area (Å²) < 4.78 is 18.5. The van der Waals surface area contributed by atoms with Crippen LogP contribution in [0.2, 0.25) is 5.02 Å². The van der Waals surface area contributed by atoms with E-state index < -0.39 is 6.04 Å². The van der Waals surface area contributed by atoms with Crippen LogP contribution in [0.4, 0.5) is 4.39 Å². The maximum absolute atomic E-state index is 13.5. The van der Waals surface area contributed by atoms with Crippen LogP contribution in [0.25, 0.3) is 11.1 Å². The summed E-state index contributed by atoms with van der Waals surface area (Å²) in [7, 11) is 1.37. The maximum Gasteiger partial charge on any atom is 0.323 e. The predicted octanol–water partition coefficient (Wildman–Crippen LogP) is 4.69. The number of rotatable bonds is 6. The van der Waals surface area contributed by atoms with Gasteiger partial charge in [0, 0.05) is 29.7 Å². The molecule has 1 fully saturated rings. The van der Waals surface area contributed by atoms with Crippen LogP contribution >= 0.6 is 11.6 Å². The third kappa shape index (κ3) is 5.59. The van der Waals surface area contributed by atoms with Gasteiger partial charge < -0.3 is 10.1 Å². The van der Waals surface area contributed by atoms with E-state index >= 15 is 0 Å². The number of hydrogen-bond donors (Lipinski definition) is 1. The van der Waals surface area contributed by atoms with Gasteiger partial charge in [0.25, 0.3) is 5.91 Å². The molecule has 0 radical (unpaired) electrons. The highest BCUT2D eigenvalue weighted by Crippen LogP contribution is 2.24. The normalized spacial score (nSPS) is 18.2. The number of benzene rings is 3. The molecule has 5 nitrogen and oxygen atoms in total. The van der Waals surface area contributed by atoms with E-state index in [9.17, 15) is 14.0 Å². The van der Waals surface area contributed by atoms with Crippen LogP contribution in [0.3, 0.4) is 0 Å². The lowest BCUT2D eigenvalue weighted by Crippen LogP contribution is -2.37. The Morgan fingerprint density at radius 2 is 1.79 bits per heavy atom. The predicted molar refractivity (Wildman–Crippen MR) is 125 cm³/mol. The van der Waals surface area contributed by atoms with Crippen molar-refractivity contribution in [2.45, 2.75) is 25.0 Å². The molecular weight excluding hydrogens is 443 g/mol. The van der Waals surface area contributed by atoms with Crippen LogP contribution in [0.15, 0.2) is 72.8 Å². The molecule has 0 spiro atoms. The van der Waals surface area contributed by atoms with Gasteiger partial charge in [0.05, 0.1) is 7.11 Å². The lowest BCUT2D eigenvalue weighted by atomic mass is 10.0. The fourth-order valence-corrected chi connectivity index (χ4v) is 4.27. The SMILES string of the molecule is COC(=O)[C@@H]1C[C@@H](NC(=O)c2ccc(-c3cccc(F)c3)cc2)CN1Cc1ccc(Cl)cc1. The van der Waals surface area contributed by atoms with Crippen molar-refractivity contribution in [3.05, 3.63) is 94.8 Å². The number of esters is 1. The molecule has 3 aromatic carbocycles. The molecule has 2 atom stereocenters. The maximum atomic E-state index is 13.5. The number of likely N-dealkylation sites (tertiary alicyclic amines) is 1. The van der Waals surface area contributed by atoms with Crippen molar-refractivity contribution in [3.63, 3.8) is 0 Å². The Morgan fingerprint density at radius 1 is 1.06 bits per heavy atom. The average Bonchev–Trinajstić information content (AvgIpc) is 3.22. The number of nitrogens with one attached hydrogen (secondary N) is 1. The molecule has 1 amide bonds. The van der Waals surface area contributed by atoms with Crippen molar-refractivity contribution in [1.29, 1.82) is 0 Å². The summed E-state index contributed by atoms with van der Waals surface area (Å²) >= 11 is 5.97. The third-order valence-corrected chi connectivity index (χ3v) is 6.07. The Hall–Kier alpha value is -3.22. The van der Waals surface area contributed by atoms with E-state index in [0.29, 0.717) is 30.1 Å². The smallest absolute Gasteiger partial charge is 0.323 e. The van der Waals surface area contributed by atoms with Gasteiger partial charge in [-0.2, -0.15) is 0 Å². The van der Waals surface area contributed by atoms with E-state index in [1.165, 1.54) is 19.2 Å². The Balaban J connectivity index is 1.42. The van der Waals surface area contributed by atoms with Gasteiger partial charge in [0.1, 0.15) is 11.9 Å². The first-order valence-electron chi connectivity index (χ1n) is 10.7. The van der Waals surface area contributed by atoms with E-state index in [0.717, 1.165) is 16.7 Å². The highest BCUT2D eigenvalue weighted by atomic mass is 35.5. The zero-order valence-corrected chi connectivity index (χ0v) is 18.9. The number of ether oxygens (including phenoxy) is 1. The molecule has 170 valence electrons. The van der Waals surface area contributed by atoms with E-state index in [2.05, 4.69) is 5.32 Å². The number of halogens is 2. The molecule has 3 aromatic rings. The van der Waals surface area contributed by atoms with Gasteiger partial charge in [-0.1, -0.05) is 48.0 Å². The van der Waals surface area contributed by atoms with Crippen molar-refractivity contribution in [2.75, 3.05) is 13.7 Å². The molecule has 0 bridgehead atoms. The minimum absolute atomic E-state index is 0.197. The fourth-order valence-electron chi connectivity index (χ4n) is 4.14. The van der Waals surface area contributed by atoms with Crippen LogP contribution < -0.4 is 5.32 Å². The Bertz CT molecular complexity index is 1140.